The molecule has 2 aliphatic rings. The predicted molar refractivity (Wildman–Crippen MR) is 67.5 cm³/mol. The van der Waals surface area contributed by atoms with Gasteiger partial charge in [-0.3, -0.25) is 4.79 Å². The van der Waals surface area contributed by atoms with Crippen LogP contribution in [0.2, 0.25) is 0 Å². The van der Waals surface area contributed by atoms with Gasteiger partial charge in [-0.05, 0) is 43.9 Å². The van der Waals surface area contributed by atoms with Crippen molar-refractivity contribution in [1.29, 1.82) is 0 Å². The molecule has 1 heterocycles. The summed E-state index contributed by atoms with van der Waals surface area (Å²) in [4.78, 5) is 14.1. The van der Waals surface area contributed by atoms with Gasteiger partial charge >= 0.3 is 0 Å². The fourth-order valence-corrected chi connectivity index (χ4v) is 2.93. The topological polar surface area (TPSA) is 40.5 Å². The molecule has 0 aromatic heterocycles. The van der Waals surface area contributed by atoms with Gasteiger partial charge in [0.2, 0.25) is 5.91 Å². The lowest BCUT2D eigenvalue weighted by Gasteiger charge is -2.33. The second-order valence-corrected chi connectivity index (χ2v) is 5.33. The minimum atomic E-state index is 0.248. The number of hydrogen-bond acceptors (Lipinski definition) is 2. The average Bonchev–Trinajstić information content (AvgIpc) is 2.83. The summed E-state index contributed by atoms with van der Waals surface area (Å²) in [5.41, 5.74) is 0. The molecule has 1 saturated heterocycles. The van der Waals surface area contributed by atoms with Gasteiger partial charge in [0, 0.05) is 26.1 Å². The molecule has 1 amide bonds. The molecule has 1 aliphatic carbocycles. The van der Waals surface area contributed by atoms with Crippen molar-refractivity contribution in [2.45, 2.75) is 38.5 Å². The number of hydrogen-bond donors (Lipinski definition) is 1. The fraction of sp³-hybridized carbons (Fsp3) is 0.786. The maximum absolute atomic E-state index is 12.1. The first kappa shape index (κ1) is 12.6. The molecule has 0 aromatic carbocycles. The summed E-state index contributed by atoms with van der Waals surface area (Å²) < 4.78 is 0. The molecule has 96 valence electrons. The zero-order valence-electron chi connectivity index (χ0n) is 10.5. The molecule has 2 unspecified atom stereocenters. The van der Waals surface area contributed by atoms with E-state index in [1.807, 2.05) is 4.90 Å². The minimum Gasteiger partial charge on any atom is -0.396 e. The molecular formula is C14H23NO2. The molecule has 2 atom stereocenters. The van der Waals surface area contributed by atoms with Gasteiger partial charge in [-0.2, -0.15) is 0 Å². The van der Waals surface area contributed by atoms with Crippen molar-refractivity contribution in [3.8, 4) is 0 Å². The Labute approximate surface area is 103 Å². The normalized spacial score (nSPS) is 28.6. The number of aliphatic hydroxyl groups is 1. The lowest BCUT2D eigenvalue weighted by Crippen LogP contribution is -2.40. The van der Waals surface area contributed by atoms with Crippen LogP contribution >= 0.6 is 0 Å². The summed E-state index contributed by atoms with van der Waals surface area (Å²) >= 11 is 0. The average molecular weight is 237 g/mol. The van der Waals surface area contributed by atoms with Crippen molar-refractivity contribution in [3.63, 3.8) is 0 Å². The van der Waals surface area contributed by atoms with Crippen LogP contribution < -0.4 is 0 Å². The van der Waals surface area contributed by atoms with Gasteiger partial charge in [0.1, 0.15) is 0 Å². The molecule has 0 saturated carbocycles. The molecule has 1 fully saturated rings. The first-order valence-corrected chi connectivity index (χ1v) is 6.85. The third-order valence-corrected chi connectivity index (χ3v) is 3.96. The van der Waals surface area contributed by atoms with E-state index in [1.165, 1.54) is 0 Å². The first-order chi connectivity index (χ1) is 8.29. The summed E-state index contributed by atoms with van der Waals surface area (Å²) in [5.74, 6) is 1.29. The largest absolute Gasteiger partial charge is 0.396 e. The molecular weight excluding hydrogens is 214 g/mol. The standard InChI is InChI=1S/C14H23NO2/c16-9-7-13-6-3-8-15(11-13)14(17)10-12-4-1-2-5-12/h1,4,12-13,16H,2-3,5-11H2. The second kappa shape index (κ2) is 6.20. The van der Waals surface area contributed by atoms with Gasteiger partial charge in [-0.1, -0.05) is 12.2 Å². The summed E-state index contributed by atoms with van der Waals surface area (Å²) in [6, 6.07) is 0. The van der Waals surface area contributed by atoms with Crippen molar-refractivity contribution in [1.82, 2.24) is 4.90 Å². The third kappa shape index (κ3) is 3.56. The highest BCUT2D eigenvalue weighted by molar-refractivity contribution is 5.76. The van der Waals surface area contributed by atoms with Gasteiger partial charge in [0.05, 0.1) is 0 Å². The van der Waals surface area contributed by atoms with Gasteiger partial charge in [0.15, 0.2) is 0 Å². The van der Waals surface area contributed by atoms with Crippen LogP contribution in [0.5, 0.6) is 0 Å². The van der Waals surface area contributed by atoms with Crippen molar-refractivity contribution in [2.24, 2.45) is 11.8 Å². The third-order valence-electron chi connectivity index (χ3n) is 3.96. The SMILES string of the molecule is O=C(CC1C=CCC1)N1CCCC(CCO)C1. The molecule has 2 rings (SSSR count). The van der Waals surface area contributed by atoms with Crippen molar-refractivity contribution in [2.75, 3.05) is 19.7 Å². The number of carbonyl (C=O) groups excluding carboxylic acids is 1. The lowest BCUT2D eigenvalue weighted by molar-refractivity contribution is -0.133. The van der Waals surface area contributed by atoms with Crippen molar-refractivity contribution < 1.29 is 9.90 Å². The summed E-state index contributed by atoms with van der Waals surface area (Å²) in [6.07, 6.45) is 10.4. The Kier molecular flexibility index (Phi) is 4.60. The Balaban J connectivity index is 1.79. The van der Waals surface area contributed by atoms with Gasteiger partial charge in [-0.15, -0.1) is 0 Å². The minimum absolute atomic E-state index is 0.248. The van der Waals surface area contributed by atoms with Crippen LogP contribution in [0.3, 0.4) is 0 Å². The monoisotopic (exact) mass is 237 g/mol. The zero-order valence-corrected chi connectivity index (χ0v) is 10.5. The van der Waals surface area contributed by atoms with Gasteiger partial charge < -0.3 is 10.0 Å². The molecule has 3 nitrogen and oxygen atoms in total. The number of rotatable bonds is 4. The molecule has 17 heavy (non-hydrogen) atoms. The molecule has 0 aromatic rings. The smallest absolute Gasteiger partial charge is 0.223 e. The van der Waals surface area contributed by atoms with Crippen LogP contribution in [-0.4, -0.2) is 35.6 Å². The Hall–Kier alpha value is -0.830. The fourth-order valence-electron chi connectivity index (χ4n) is 2.93. The number of likely N-dealkylation sites (tertiary alicyclic amines) is 1. The highest BCUT2D eigenvalue weighted by atomic mass is 16.3. The molecule has 0 spiro atoms. The quantitative estimate of drug-likeness (QED) is 0.759. The van der Waals surface area contributed by atoms with E-state index in [0.29, 0.717) is 24.2 Å². The summed E-state index contributed by atoms with van der Waals surface area (Å²) in [6.45, 7) is 2.02. The molecule has 3 heteroatoms. The van der Waals surface area contributed by atoms with E-state index < -0.39 is 0 Å². The number of piperidine rings is 1. The lowest BCUT2D eigenvalue weighted by atomic mass is 9.94. The maximum atomic E-state index is 12.1. The molecule has 0 bridgehead atoms. The number of allylic oxidation sites excluding steroid dienone is 2. The number of amides is 1. The Bertz CT molecular complexity index is 286. The van der Waals surface area contributed by atoms with E-state index in [0.717, 1.165) is 45.2 Å². The van der Waals surface area contributed by atoms with Crippen molar-refractivity contribution in [3.05, 3.63) is 12.2 Å². The molecule has 1 aliphatic heterocycles. The van der Waals surface area contributed by atoms with Gasteiger partial charge in [-0.25, -0.2) is 0 Å². The highest BCUT2D eigenvalue weighted by Crippen LogP contribution is 2.24. The van der Waals surface area contributed by atoms with E-state index in [2.05, 4.69) is 12.2 Å². The van der Waals surface area contributed by atoms with E-state index in [9.17, 15) is 4.79 Å². The first-order valence-electron chi connectivity index (χ1n) is 6.85. The summed E-state index contributed by atoms with van der Waals surface area (Å²) in [5, 5.41) is 8.96. The van der Waals surface area contributed by atoms with Crippen LogP contribution in [-0.2, 0) is 4.79 Å². The number of aliphatic hydroxyl groups excluding tert-OH is 1. The van der Waals surface area contributed by atoms with Crippen LogP contribution in [0.1, 0.15) is 38.5 Å². The Morgan fingerprint density at radius 2 is 2.29 bits per heavy atom. The zero-order chi connectivity index (χ0) is 12.1. The van der Waals surface area contributed by atoms with E-state index in [1.54, 1.807) is 0 Å². The van der Waals surface area contributed by atoms with Gasteiger partial charge in [0.25, 0.3) is 0 Å². The van der Waals surface area contributed by atoms with E-state index in [-0.39, 0.29) is 6.61 Å². The molecule has 1 N–H and O–H groups in total. The van der Waals surface area contributed by atoms with Crippen LogP contribution in [0.4, 0.5) is 0 Å². The maximum Gasteiger partial charge on any atom is 0.223 e. The second-order valence-electron chi connectivity index (χ2n) is 5.33. The van der Waals surface area contributed by atoms with Crippen molar-refractivity contribution >= 4 is 5.91 Å². The Morgan fingerprint density at radius 3 is 3.00 bits per heavy atom. The Morgan fingerprint density at radius 1 is 1.41 bits per heavy atom. The van der Waals surface area contributed by atoms with Crippen LogP contribution in [0, 0.1) is 11.8 Å². The number of nitrogens with zero attached hydrogens (tertiary/aromatic N) is 1. The molecule has 0 radical (unpaired) electrons. The highest BCUT2D eigenvalue weighted by Gasteiger charge is 2.25. The van der Waals surface area contributed by atoms with Crippen LogP contribution in [0.25, 0.3) is 0 Å². The van der Waals surface area contributed by atoms with E-state index >= 15 is 0 Å². The van der Waals surface area contributed by atoms with E-state index in [4.69, 9.17) is 5.11 Å². The summed E-state index contributed by atoms with van der Waals surface area (Å²) in [7, 11) is 0. The predicted octanol–water partition coefficient (Wildman–Crippen LogP) is 1.96. The number of carbonyl (C=O) groups is 1. The van der Waals surface area contributed by atoms with Crippen LogP contribution in [0.15, 0.2) is 12.2 Å².